The minimum absolute atomic E-state index is 0.180. The van der Waals surface area contributed by atoms with Gasteiger partial charge in [-0.25, -0.2) is 0 Å². The molecule has 0 spiro atoms. The van der Waals surface area contributed by atoms with E-state index in [4.69, 9.17) is 4.52 Å². The average Bonchev–Trinajstić information content (AvgIpc) is 3.26. The summed E-state index contributed by atoms with van der Waals surface area (Å²) in [6, 6.07) is 20.8. The maximum Gasteiger partial charge on any atom is 0.227 e. The van der Waals surface area contributed by atoms with Crippen LogP contribution in [0.2, 0.25) is 0 Å². The van der Waals surface area contributed by atoms with Gasteiger partial charge in [0.05, 0.1) is 0 Å². The van der Waals surface area contributed by atoms with Gasteiger partial charge in [-0.15, -0.1) is 0 Å². The van der Waals surface area contributed by atoms with Gasteiger partial charge in [-0.05, 0) is 17.9 Å². The largest absolute Gasteiger partial charge is 0.341 e. The number of aromatic nitrogens is 2. The van der Waals surface area contributed by atoms with Gasteiger partial charge < -0.3 is 9.42 Å². The van der Waals surface area contributed by atoms with Crippen molar-refractivity contribution in [2.75, 3.05) is 19.6 Å². The second-order valence-corrected chi connectivity index (χ2v) is 8.25. The lowest BCUT2D eigenvalue weighted by Crippen LogP contribution is -2.64. The molecule has 154 valence electrons. The Hall–Kier alpha value is -2.99. The van der Waals surface area contributed by atoms with Gasteiger partial charge in [0.1, 0.15) is 0 Å². The van der Waals surface area contributed by atoms with Crippen LogP contribution >= 0.6 is 0 Å². The van der Waals surface area contributed by atoms with Gasteiger partial charge in [0, 0.05) is 50.6 Å². The molecule has 0 bridgehead atoms. The standard InChI is InChI=1S/C24H26N4O2/c29-23(12-11-22-25-24(26-30-22)19-9-5-2-6-10-19)27-14-13-20-16-28(21(20)17-27)15-18-7-3-1-4-8-18/h1-10,20-21H,11-17H2/t20-,21-/m1/s1. The summed E-state index contributed by atoms with van der Waals surface area (Å²) in [5, 5.41) is 4.04. The van der Waals surface area contributed by atoms with Gasteiger partial charge in [-0.1, -0.05) is 65.8 Å². The molecule has 5 rings (SSSR count). The number of carbonyl (C=O) groups excluding carboxylic acids is 1. The van der Waals surface area contributed by atoms with E-state index in [9.17, 15) is 4.79 Å². The Labute approximate surface area is 176 Å². The van der Waals surface area contributed by atoms with Crippen LogP contribution in [0.15, 0.2) is 65.2 Å². The first kappa shape index (κ1) is 19.0. The molecule has 2 aliphatic heterocycles. The molecule has 0 aliphatic carbocycles. The molecule has 2 saturated heterocycles. The predicted molar refractivity (Wildman–Crippen MR) is 113 cm³/mol. The SMILES string of the molecule is O=C(CCc1nc(-c2ccccc2)no1)N1CC[C@@H]2CN(Cc3ccccc3)[C@@H]2C1. The molecule has 2 fully saturated rings. The summed E-state index contributed by atoms with van der Waals surface area (Å²) in [5.74, 6) is 2.00. The second-order valence-electron chi connectivity index (χ2n) is 8.25. The number of benzene rings is 2. The Morgan fingerprint density at radius 2 is 1.80 bits per heavy atom. The van der Waals surface area contributed by atoms with Crippen molar-refractivity contribution < 1.29 is 9.32 Å². The molecule has 2 atom stereocenters. The third-order valence-electron chi connectivity index (χ3n) is 6.29. The molecule has 0 unspecified atom stereocenters. The molecule has 0 radical (unpaired) electrons. The summed E-state index contributed by atoms with van der Waals surface area (Å²) in [6.07, 6.45) is 1.99. The van der Waals surface area contributed by atoms with Gasteiger partial charge in [0.2, 0.25) is 17.6 Å². The number of nitrogens with zero attached hydrogens (tertiary/aromatic N) is 4. The molecule has 0 N–H and O–H groups in total. The number of piperidine rings is 1. The molecular formula is C24H26N4O2. The summed E-state index contributed by atoms with van der Waals surface area (Å²) in [6.45, 7) is 3.80. The van der Waals surface area contributed by atoms with Crippen molar-refractivity contribution in [3.05, 3.63) is 72.1 Å². The Bertz CT molecular complexity index is 989. The van der Waals surface area contributed by atoms with E-state index in [0.717, 1.165) is 44.1 Å². The van der Waals surface area contributed by atoms with E-state index in [1.54, 1.807) is 0 Å². The predicted octanol–water partition coefficient (Wildman–Crippen LogP) is 3.40. The number of aryl methyl sites for hydroxylation is 1. The van der Waals surface area contributed by atoms with E-state index in [0.29, 0.717) is 30.6 Å². The Kier molecular flexibility index (Phi) is 5.32. The van der Waals surface area contributed by atoms with Gasteiger partial charge in [-0.3, -0.25) is 9.69 Å². The Morgan fingerprint density at radius 1 is 1.03 bits per heavy atom. The van der Waals surface area contributed by atoms with Gasteiger partial charge >= 0.3 is 0 Å². The van der Waals surface area contributed by atoms with Crippen LogP contribution in [0.3, 0.4) is 0 Å². The highest BCUT2D eigenvalue weighted by Gasteiger charge is 2.43. The number of likely N-dealkylation sites (tertiary alicyclic amines) is 2. The lowest BCUT2D eigenvalue weighted by atomic mass is 9.82. The van der Waals surface area contributed by atoms with Crippen LogP contribution in [-0.4, -0.2) is 51.5 Å². The molecule has 1 amide bonds. The first-order chi connectivity index (χ1) is 14.8. The average molecular weight is 402 g/mol. The fourth-order valence-corrected chi connectivity index (χ4v) is 4.56. The van der Waals surface area contributed by atoms with Crippen LogP contribution in [-0.2, 0) is 17.8 Å². The summed E-state index contributed by atoms with van der Waals surface area (Å²) in [5.41, 5.74) is 2.26. The number of rotatable bonds is 6. The summed E-state index contributed by atoms with van der Waals surface area (Å²) in [4.78, 5) is 21.8. The summed E-state index contributed by atoms with van der Waals surface area (Å²) < 4.78 is 5.35. The summed E-state index contributed by atoms with van der Waals surface area (Å²) in [7, 11) is 0. The number of fused-ring (bicyclic) bond motifs is 1. The van der Waals surface area contributed by atoms with Crippen molar-refractivity contribution in [3.8, 4) is 11.4 Å². The number of amides is 1. The Morgan fingerprint density at radius 3 is 2.60 bits per heavy atom. The zero-order valence-electron chi connectivity index (χ0n) is 17.0. The molecule has 6 nitrogen and oxygen atoms in total. The van der Waals surface area contributed by atoms with Crippen molar-refractivity contribution in [2.45, 2.75) is 31.8 Å². The normalized spacial score (nSPS) is 21.1. The minimum atomic E-state index is 0.180. The monoisotopic (exact) mass is 402 g/mol. The fourth-order valence-electron chi connectivity index (χ4n) is 4.56. The van der Waals surface area contributed by atoms with E-state index in [2.05, 4.69) is 45.4 Å². The van der Waals surface area contributed by atoms with Crippen LogP contribution in [0.4, 0.5) is 0 Å². The Balaban J connectivity index is 1.14. The maximum absolute atomic E-state index is 12.8. The first-order valence-corrected chi connectivity index (χ1v) is 10.7. The molecule has 3 heterocycles. The van der Waals surface area contributed by atoms with Crippen LogP contribution in [0.25, 0.3) is 11.4 Å². The maximum atomic E-state index is 12.8. The lowest BCUT2D eigenvalue weighted by Gasteiger charge is -2.53. The quantitative estimate of drug-likeness (QED) is 0.632. The van der Waals surface area contributed by atoms with E-state index in [-0.39, 0.29) is 5.91 Å². The molecule has 2 aromatic carbocycles. The lowest BCUT2D eigenvalue weighted by molar-refractivity contribution is -0.138. The van der Waals surface area contributed by atoms with E-state index < -0.39 is 0 Å². The van der Waals surface area contributed by atoms with Crippen molar-refractivity contribution in [1.82, 2.24) is 19.9 Å². The van der Waals surface area contributed by atoms with Crippen LogP contribution in [0.5, 0.6) is 0 Å². The summed E-state index contributed by atoms with van der Waals surface area (Å²) >= 11 is 0. The van der Waals surface area contributed by atoms with Gasteiger partial charge in [-0.2, -0.15) is 4.98 Å². The zero-order chi connectivity index (χ0) is 20.3. The first-order valence-electron chi connectivity index (χ1n) is 10.7. The zero-order valence-corrected chi connectivity index (χ0v) is 17.0. The van der Waals surface area contributed by atoms with Crippen LogP contribution in [0, 0.1) is 5.92 Å². The van der Waals surface area contributed by atoms with Gasteiger partial charge in [0.15, 0.2) is 0 Å². The third kappa shape index (κ3) is 4.00. The molecule has 0 saturated carbocycles. The molecule has 30 heavy (non-hydrogen) atoms. The molecule has 1 aromatic heterocycles. The number of hydrogen-bond donors (Lipinski definition) is 0. The van der Waals surface area contributed by atoms with Crippen LogP contribution < -0.4 is 0 Å². The molecular weight excluding hydrogens is 376 g/mol. The fraction of sp³-hybridized carbons (Fsp3) is 0.375. The smallest absolute Gasteiger partial charge is 0.227 e. The highest BCUT2D eigenvalue weighted by atomic mass is 16.5. The highest BCUT2D eigenvalue weighted by Crippen LogP contribution is 2.34. The van der Waals surface area contributed by atoms with Crippen molar-refractivity contribution in [2.24, 2.45) is 5.92 Å². The van der Waals surface area contributed by atoms with E-state index in [1.807, 2.05) is 35.2 Å². The minimum Gasteiger partial charge on any atom is -0.341 e. The van der Waals surface area contributed by atoms with Crippen LogP contribution in [0.1, 0.15) is 24.3 Å². The highest BCUT2D eigenvalue weighted by molar-refractivity contribution is 5.76. The number of hydrogen-bond acceptors (Lipinski definition) is 5. The van der Waals surface area contributed by atoms with Crippen molar-refractivity contribution in [1.29, 1.82) is 0 Å². The van der Waals surface area contributed by atoms with Crippen molar-refractivity contribution in [3.63, 3.8) is 0 Å². The van der Waals surface area contributed by atoms with E-state index >= 15 is 0 Å². The molecule has 2 aliphatic rings. The third-order valence-corrected chi connectivity index (χ3v) is 6.29. The molecule has 6 heteroatoms. The molecule has 3 aromatic rings. The van der Waals surface area contributed by atoms with Crippen molar-refractivity contribution >= 4 is 5.91 Å². The van der Waals surface area contributed by atoms with Gasteiger partial charge in [0.25, 0.3) is 0 Å². The number of carbonyl (C=O) groups is 1. The second kappa shape index (κ2) is 8.40. The van der Waals surface area contributed by atoms with E-state index in [1.165, 1.54) is 5.56 Å². The topological polar surface area (TPSA) is 62.5 Å².